The Morgan fingerprint density at radius 3 is 3.11 bits per heavy atom. The third-order valence-electron chi connectivity index (χ3n) is 0.981. The monoisotopic (exact) mass is 125 g/mol. The summed E-state index contributed by atoms with van der Waals surface area (Å²) in [7, 11) is 0. The molecule has 0 aromatic carbocycles. The van der Waals surface area contributed by atoms with Crippen molar-refractivity contribution in [3.05, 3.63) is 12.2 Å². The summed E-state index contributed by atoms with van der Waals surface area (Å²) in [5, 5.41) is 2.71. The molecule has 0 saturated carbocycles. The van der Waals surface area contributed by atoms with E-state index in [1.807, 2.05) is 0 Å². The van der Waals surface area contributed by atoms with Crippen molar-refractivity contribution >= 4 is 5.78 Å². The molecule has 0 aromatic rings. The highest BCUT2D eigenvalue weighted by atomic mass is 16.5. The zero-order chi connectivity index (χ0) is 6.69. The Morgan fingerprint density at radius 1 is 1.89 bits per heavy atom. The van der Waals surface area contributed by atoms with Gasteiger partial charge in [0, 0.05) is 0 Å². The van der Waals surface area contributed by atoms with Crippen LogP contribution in [0.3, 0.4) is 0 Å². The van der Waals surface area contributed by atoms with Gasteiger partial charge in [-0.25, -0.2) is 0 Å². The quantitative estimate of drug-likeness (QED) is 0.452. The Balaban J connectivity index is 2.65. The molecule has 0 bridgehead atoms. The molecule has 4 heteroatoms. The number of carbonyl (C=O) groups excluding carboxylic acids is 1. The first-order chi connectivity index (χ1) is 4.34. The van der Waals surface area contributed by atoms with Crippen molar-refractivity contribution in [2.45, 2.75) is 6.23 Å². The van der Waals surface area contributed by atoms with Gasteiger partial charge in [0.05, 0.1) is 6.61 Å². The van der Waals surface area contributed by atoms with Crippen LogP contribution in [0.15, 0.2) is 17.3 Å². The molecule has 1 unspecified atom stereocenters. The molecule has 1 rings (SSSR count). The molecule has 1 heterocycles. The van der Waals surface area contributed by atoms with E-state index >= 15 is 0 Å². The summed E-state index contributed by atoms with van der Waals surface area (Å²) < 4.78 is 4.69. The number of nitrogens with zero attached hydrogens (tertiary/aromatic N) is 2. The summed E-state index contributed by atoms with van der Waals surface area (Å²) in [5.41, 5.74) is 8.11. The minimum Gasteiger partial charge on any atom is -0.344 e. The Morgan fingerprint density at radius 2 is 2.67 bits per heavy atom. The zero-order valence-electron chi connectivity index (χ0n) is 4.65. The molecule has 0 N–H and O–H groups in total. The maximum atomic E-state index is 10.6. The van der Waals surface area contributed by atoms with Crippen molar-refractivity contribution in [3.8, 4) is 0 Å². The van der Waals surface area contributed by atoms with Gasteiger partial charge in [0.15, 0.2) is 0 Å². The van der Waals surface area contributed by atoms with E-state index in [9.17, 15) is 4.79 Å². The van der Waals surface area contributed by atoms with Gasteiger partial charge in [-0.2, -0.15) is 0 Å². The van der Waals surface area contributed by atoms with Gasteiger partial charge in [-0.15, -0.1) is 5.11 Å². The number of carbonyl (C=O) groups is 1. The summed E-state index contributed by atoms with van der Waals surface area (Å²) in [5.74, 6) is -0.316. The van der Waals surface area contributed by atoms with E-state index < -0.39 is 6.23 Å². The third-order valence-corrected chi connectivity index (χ3v) is 0.981. The minimum absolute atomic E-state index is 0.316. The maximum Gasteiger partial charge on any atom is 0.234 e. The van der Waals surface area contributed by atoms with Gasteiger partial charge < -0.3 is 4.74 Å². The highest BCUT2D eigenvalue weighted by Crippen LogP contribution is 2.01. The first-order valence-corrected chi connectivity index (χ1v) is 2.51. The second-order valence-corrected chi connectivity index (χ2v) is 1.61. The van der Waals surface area contributed by atoms with E-state index in [-0.39, 0.29) is 5.78 Å². The Hall–Kier alpha value is -1.03. The zero-order valence-corrected chi connectivity index (χ0v) is 4.65. The summed E-state index contributed by atoms with van der Waals surface area (Å²) in [6.45, 7) is 0.334. The maximum absolute atomic E-state index is 10.6. The van der Waals surface area contributed by atoms with Gasteiger partial charge in [-0.1, -0.05) is 6.08 Å². The minimum atomic E-state index is -0.991. The van der Waals surface area contributed by atoms with Gasteiger partial charge in [-0.3, -0.25) is 4.79 Å². The van der Waals surface area contributed by atoms with Gasteiger partial charge in [0.2, 0.25) is 12.0 Å². The van der Waals surface area contributed by atoms with Crippen LogP contribution in [-0.2, 0) is 9.53 Å². The average molecular weight is 125 g/mol. The van der Waals surface area contributed by atoms with Crippen LogP contribution in [0.5, 0.6) is 0 Å². The smallest absolute Gasteiger partial charge is 0.234 e. The lowest BCUT2D eigenvalue weighted by molar-refractivity contribution is -0.126. The molecule has 1 aliphatic rings. The lowest BCUT2D eigenvalue weighted by Crippen LogP contribution is -2.23. The SMILES string of the molecule is [N]=NC1OCC=CC1=O. The highest BCUT2D eigenvalue weighted by molar-refractivity contribution is 5.93. The van der Waals surface area contributed by atoms with Crippen LogP contribution in [-0.4, -0.2) is 18.6 Å². The van der Waals surface area contributed by atoms with Crippen molar-refractivity contribution in [3.63, 3.8) is 0 Å². The fraction of sp³-hybridized carbons (Fsp3) is 0.400. The fourth-order valence-electron chi connectivity index (χ4n) is 0.566. The molecule has 4 nitrogen and oxygen atoms in total. The molecule has 0 fully saturated rings. The van der Waals surface area contributed by atoms with E-state index in [2.05, 4.69) is 9.85 Å². The van der Waals surface area contributed by atoms with Gasteiger partial charge in [-0.05, 0) is 11.6 Å². The van der Waals surface area contributed by atoms with Crippen molar-refractivity contribution in [2.75, 3.05) is 6.61 Å². The predicted molar refractivity (Wildman–Crippen MR) is 28.4 cm³/mol. The van der Waals surface area contributed by atoms with Crippen LogP contribution < -0.4 is 5.53 Å². The number of ether oxygens (including phenoxy) is 1. The molecular formula is C5H5N2O2. The first-order valence-electron chi connectivity index (χ1n) is 2.51. The molecule has 0 saturated heterocycles. The molecule has 9 heavy (non-hydrogen) atoms. The van der Waals surface area contributed by atoms with Crippen LogP contribution in [0, 0.1) is 0 Å². The van der Waals surface area contributed by atoms with E-state index in [0.717, 1.165) is 0 Å². The van der Waals surface area contributed by atoms with Crippen LogP contribution in [0.1, 0.15) is 0 Å². The number of ketones is 1. The normalized spacial score (nSPS) is 26.2. The second kappa shape index (κ2) is 2.50. The van der Waals surface area contributed by atoms with E-state index in [1.165, 1.54) is 6.08 Å². The molecular weight excluding hydrogens is 120 g/mol. The van der Waals surface area contributed by atoms with Gasteiger partial charge >= 0.3 is 0 Å². The van der Waals surface area contributed by atoms with Crippen molar-refractivity contribution in [1.29, 1.82) is 0 Å². The van der Waals surface area contributed by atoms with Crippen molar-refractivity contribution < 1.29 is 9.53 Å². The third kappa shape index (κ3) is 1.20. The van der Waals surface area contributed by atoms with E-state index in [4.69, 9.17) is 5.53 Å². The number of rotatable bonds is 1. The molecule has 0 aromatic heterocycles. The second-order valence-electron chi connectivity index (χ2n) is 1.61. The Bertz CT molecular complexity index is 164. The van der Waals surface area contributed by atoms with Crippen LogP contribution in [0.25, 0.3) is 0 Å². The summed E-state index contributed by atoms with van der Waals surface area (Å²) >= 11 is 0. The molecule has 0 spiro atoms. The Labute approximate surface area is 52.0 Å². The molecule has 1 radical (unpaired) electrons. The van der Waals surface area contributed by atoms with Gasteiger partial charge in [0.1, 0.15) is 0 Å². The first kappa shape index (κ1) is 6.10. The molecule has 0 aliphatic carbocycles. The van der Waals surface area contributed by atoms with Crippen molar-refractivity contribution in [1.82, 2.24) is 5.53 Å². The summed E-state index contributed by atoms with van der Waals surface area (Å²) in [6.07, 6.45) is 1.92. The standard InChI is InChI=1S/C5H5N2O2/c6-7-5-4(8)2-1-3-9-5/h1-2,5H,3H2. The van der Waals surface area contributed by atoms with Crippen molar-refractivity contribution in [2.24, 2.45) is 5.11 Å². The molecule has 0 amide bonds. The highest BCUT2D eigenvalue weighted by Gasteiger charge is 2.17. The van der Waals surface area contributed by atoms with Crippen LogP contribution in [0.2, 0.25) is 0 Å². The number of hydrogen-bond acceptors (Lipinski definition) is 3. The van der Waals surface area contributed by atoms with Crippen LogP contribution >= 0.6 is 0 Å². The van der Waals surface area contributed by atoms with E-state index in [0.29, 0.717) is 6.61 Å². The van der Waals surface area contributed by atoms with Gasteiger partial charge in [0.25, 0.3) is 0 Å². The predicted octanol–water partition coefficient (Wildman–Crippen LogP) is -0.280. The lowest BCUT2D eigenvalue weighted by atomic mass is 10.3. The molecule has 1 aliphatic heterocycles. The summed E-state index contributed by atoms with van der Waals surface area (Å²) in [6, 6.07) is 0. The Kier molecular flexibility index (Phi) is 1.69. The van der Waals surface area contributed by atoms with E-state index in [1.54, 1.807) is 6.08 Å². The summed E-state index contributed by atoms with van der Waals surface area (Å²) in [4.78, 5) is 10.6. The average Bonchev–Trinajstić information content (AvgIpc) is 1.89. The molecule has 47 valence electrons. The lowest BCUT2D eigenvalue weighted by Gasteiger charge is -2.09. The fourth-order valence-corrected chi connectivity index (χ4v) is 0.566. The largest absolute Gasteiger partial charge is 0.344 e. The topological polar surface area (TPSA) is 61.0 Å². The van der Waals surface area contributed by atoms with Crippen LogP contribution in [0.4, 0.5) is 0 Å². The number of hydrogen-bond donors (Lipinski definition) is 0. The molecule has 1 atom stereocenters.